The molecule has 3 N–H and O–H groups in total. The van der Waals surface area contributed by atoms with E-state index in [0.717, 1.165) is 16.9 Å². The molecule has 1 aliphatic rings. The van der Waals surface area contributed by atoms with Crippen LogP contribution in [0.15, 0.2) is 54.6 Å². The molecule has 5 atom stereocenters. The van der Waals surface area contributed by atoms with Crippen molar-refractivity contribution in [3.8, 4) is 5.75 Å². The third-order valence-electron chi connectivity index (χ3n) is 4.67. The minimum atomic E-state index is -1.25. The average Bonchev–Trinajstić information content (AvgIpc) is 2.74. The van der Waals surface area contributed by atoms with E-state index in [1.807, 2.05) is 54.6 Å². The van der Waals surface area contributed by atoms with Crippen LogP contribution in [0.1, 0.15) is 11.1 Å². The van der Waals surface area contributed by atoms with Gasteiger partial charge in [-0.15, -0.1) is 0 Å². The average molecular weight is 390 g/mol. The fourth-order valence-electron chi connectivity index (χ4n) is 3.04. The monoisotopic (exact) mass is 390 g/mol. The standard InChI is InChI=1S/C21H26O7/c1-25-21-20(19(24)18(23)17(11-22)28-21)27-13-15-7-9-16(10-8-15)26-12-14-5-3-2-4-6-14/h2-10,17-24H,11-13H2,1H3/t17-,18-,19+,20-,21+/m1/s1. The Morgan fingerprint density at radius 2 is 1.57 bits per heavy atom. The number of aliphatic hydroxyl groups is 3. The second kappa shape index (κ2) is 9.97. The van der Waals surface area contributed by atoms with Gasteiger partial charge in [0.1, 0.15) is 36.8 Å². The van der Waals surface area contributed by atoms with Gasteiger partial charge < -0.3 is 34.3 Å². The minimum absolute atomic E-state index is 0.195. The number of benzene rings is 2. The molecule has 1 fully saturated rings. The van der Waals surface area contributed by atoms with Crippen LogP contribution in [0.4, 0.5) is 0 Å². The van der Waals surface area contributed by atoms with E-state index in [9.17, 15) is 15.3 Å². The summed E-state index contributed by atoms with van der Waals surface area (Å²) in [4.78, 5) is 0. The van der Waals surface area contributed by atoms with Crippen LogP contribution >= 0.6 is 0 Å². The molecule has 7 nitrogen and oxygen atoms in total. The van der Waals surface area contributed by atoms with Crippen LogP contribution in [-0.2, 0) is 27.4 Å². The van der Waals surface area contributed by atoms with Gasteiger partial charge in [0.05, 0.1) is 13.2 Å². The minimum Gasteiger partial charge on any atom is -0.489 e. The second-order valence-electron chi connectivity index (χ2n) is 6.64. The van der Waals surface area contributed by atoms with Crippen LogP contribution in [0.3, 0.4) is 0 Å². The maximum atomic E-state index is 10.3. The van der Waals surface area contributed by atoms with Gasteiger partial charge in [-0.25, -0.2) is 0 Å². The Bertz CT molecular complexity index is 704. The molecule has 0 amide bonds. The summed E-state index contributed by atoms with van der Waals surface area (Å²) in [6, 6.07) is 17.3. The van der Waals surface area contributed by atoms with Crippen molar-refractivity contribution in [1.29, 1.82) is 0 Å². The van der Waals surface area contributed by atoms with Gasteiger partial charge in [0.15, 0.2) is 6.29 Å². The molecule has 0 aromatic heterocycles. The molecule has 0 aliphatic carbocycles. The molecular formula is C21H26O7. The lowest BCUT2D eigenvalue weighted by molar-refractivity contribution is -0.305. The van der Waals surface area contributed by atoms with Crippen LogP contribution in [-0.4, -0.2) is 59.7 Å². The first-order chi connectivity index (χ1) is 13.6. The van der Waals surface area contributed by atoms with Crippen LogP contribution < -0.4 is 4.74 Å². The Hall–Kier alpha value is -2.00. The highest BCUT2D eigenvalue weighted by atomic mass is 16.7. The van der Waals surface area contributed by atoms with Gasteiger partial charge in [0, 0.05) is 7.11 Å². The number of hydrogen-bond donors (Lipinski definition) is 3. The molecule has 1 heterocycles. The summed E-state index contributed by atoms with van der Waals surface area (Å²) in [5, 5.41) is 29.5. The van der Waals surface area contributed by atoms with Gasteiger partial charge in [0.25, 0.3) is 0 Å². The van der Waals surface area contributed by atoms with Crippen molar-refractivity contribution < 1.29 is 34.3 Å². The summed E-state index contributed by atoms with van der Waals surface area (Å²) in [5.74, 6) is 0.740. The van der Waals surface area contributed by atoms with Crippen molar-refractivity contribution in [2.24, 2.45) is 0 Å². The Morgan fingerprint density at radius 1 is 0.893 bits per heavy atom. The van der Waals surface area contributed by atoms with E-state index < -0.39 is 37.3 Å². The second-order valence-corrected chi connectivity index (χ2v) is 6.64. The van der Waals surface area contributed by atoms with Gasteiger partial charge in [-0.3, -0.25) is 0 Å². The first-order valence-corrected chi connectivity index (χ1v) is 9.15. The molecule has 1 saturated heterocycles. The number of methoxy groups -OCH3 is 1. The van der Waals surface area contributed by atoms with Gasteiger partial charge in [-0.1, -0.05) is 42.5 Å². The smallest absolute Gasteiger partial charge is 0.186 e. The Balaban J connectivity index is 1.53. The summed E-state index contributed by atoms with van der Waals surface area (Å²) in [6.45, 7) is 0.261. The molecular weight excluding hydrogens is 364 g/mol. The normalized spacial score (nSPS) is 27.5. The maximum absolute atomic E-state index is 10.3. The summed E-state index contributed by atoms with van der Waals surface area (Å²) >= 11 is 0. The van der Waals surface area contributed by atoms with Crippen molar-refractivity contribution in [3.63, 3.8) is 0 Å². The van der Waals surface area contributed by atoms with Gasteiger partial charge in [-0.2, -0.15) is 0 Å². The van der Waals surface area contributed by atoms with E-state index in [4.69, 9.17) is 18.9 Å². The summed E-state index contributed by atoms with van der Waals surface area (Å²) in [6.07, 6.45) is -5.17. The molecule has 2 aromatic carbocycles. The highest BCUT2D eigenvalue weighted by Crippen LogP contribution is 2.25. The molecule has 0 bridgehead atoms. The first-order valence-electron chi connectivity index (χ1n) is 9.15. The topological polar surface area (TPSA) is 97.6 Å². The maximum Gasteiger partial charge on any atom is 0.186 e. The summed E-state index contributed by atoms with van der Waals surface area (Å²) in [7, 11) is 1.42. The largest absolute Gasteiger partial charge is 0.489 e. The SMILES string of the molecule is CO[C@H]1O[C@H](CO)[C@@H](O)[C@H](O)[C@H]1OCc1ccc(OCc2ccccc2)cc1. The van der Waals surface area contributed by atoms with E-state index in [0.29, 0.717) is 6.61 Å². The Morgan fingerprint density at radius 3 is 2.21 bits per heavy atom. The van der Waals surface area contributed by atoms with E-state index in [-0.39, 0.29) is 6.61 Å². The lowest BCUT2D eigenvalue weighted by atomic mass is 9.99. The van der Waals surface area contributed by atoms with Crippen molar-refractivity contribution in [2.45, 2.75) is 43.9 Å². The Kier molecular flexibility index (Phi) is 7.38. The number of hydrogen-bond acceptors (Lipinski definition) is 7. The molecule has 2 aromatic rings. The fraction of sp³-hybridized carbons (Fsp3) is 0.429. The first kappa shape index (κ1) is 20.7. The van der Waals surface area contributed by atoms with Crippen molar-refractivity contribution >= 4 is 0 Å². The quantitative estimate of drug-likeness (QED) is 0.624. The molecule has 7 heteroatoms. The number of ether oxygens (including phenoxy) is 4. The molecule has 0 unspecified atom stereocenters. The van der Waals surface area contributed by atoms with Crippen molar-refractivity contribution in [3.05, 3.63) is 65.7 Å². The van der Waals surface area contributed by atoms with Crippen molar-refractivity contribution in [1.82, 2.24) is 0 Å². The number of aliphatic hydroxyl groups excluding tert-OH is 3. The lowest BCUT2D eigenvalue weighted by Crippen LogP contribution is -2.59. The van der Waals surface area contributed by atoms with Gasteiger partial charge in [0.2, 0.25) is 0 Å². The molecule has 0 radical (unpaired) electrons. The predicted octanol–water partition coefficient (Wildman–Crippen LogP) is 1.24. The fourth-order valence-corrected chi connectivity index (χ4v) is 3.04. The summed E-state index contributed by atoms with van der Waals surface area (Å²) < 4.78 is 22.1. The van der Waals surface area contributed by atoms with E-state index in [2.05, 4.69) is 0 Å². The lowest BCUT2D eigenvalue weighted by Gasteiger charge is -2.41. The number of rotatable bonds is 8. The molecule has 0 saturated carbocycles. The molecule has 152 valence electrons. The van der Waals surface area contributed by atoms with E-state index in [1.54, 1.807) is 0 Å². The zero-order valence-corrected chi connectivity index (χ0v) is 15.7. The van der Waals surface area contributed by atoms with Crippen LogP contribution in [0.2, 0.25) is 0 Å². The molecule has 3 rings (SSSR count). The molecule has 1 aliphatic heterocycles. The highest BCUT2D eigenvalue weighted by Gasteiger charge is 2.45. The van der Waals surface area contributed by atoms with Crippen molar-refractivity contribution in [2.75, 3.05) is 13.7 Å². The Labute approximate surface area is 164 Å². The highest BCUT2D eigenvalue weighted by molar-refractivity contribution is 5.27. The van der Waals surface area contributed by atoms with Crippen LogP contribution in [0.25, 0.3) is 0 Å². The third-order valence-corrected chi connectivity index (χ3v) is 4.67. The molecule has 28 heavy (non-hydrogen) atoms. The van der Waals surface area contributed by atoms with E-state index >= 15 is 0 Å². The zero-order chi connectivity index (χ0) is 19.9. The molecule has 0 spiro atoms. The predicted molar refractivity (Wildman–Crippen MR) is 101 cm³/mol. The zero-order valence-electron chi connectivity index (χ0n) is 15.7. The van der Waals surface area contributed by atoms with Crippen LogP contribution in [0, 0.1) is 0 Å². The van der Waals surface area contributed by atoms with E-state index in [1.165, 1.54) is 7.11 Å². The summed E-state index contributed by atoms with van der Waals surface area (Å²) in [5.41, 5.74) is 1.96. The van der Waals surface area contributed by atoms with Gasteiger partial charge in [-0.05, 0) is 23.3 Å². The van der Waals surface area contributed by atoms with Gasteiger partial charge >= 0.3 is 0 Å². The van der Waals surface area contributed by atoms with Crippen LogP contribution in [0.5, 0.6) is 5.75 Å². The third kappa shape index (κ3) is 5.08.